The first kappa shape index (κ1) is 15.0. The third-order valence-electron chi connectivity index (χ3n) is 2.43. The van der Waals surface area contributed by atoms with E-state index in [1.54, 1.807) is 6.92 Å². The maximum absolute atomic E-state index is 13.8. The summed E-state index contributed by atoms with van der Waals surface area (Å²) in [5.41, 5.74) is 0.692. The zero-order valence-electron chi connectivity index (χ0n) is 10.6. The van der Waals surface area contributed by atoms with Crippen LogP contribution >= 0.6 is 0 Å². The Morgan fingerprint density at radius 1 is 1.29 bits per heavy atom. The average Bonchev–Trinajstić information content (AvgIpc) is 2.78. The minimum atomic E-state index is -4.99. The fourth-order valence-corrected chi connectivity index (χ4v) is 1.57. The minimum absolute atomic E-state index is 0.0172. The first-order valence-corrected chi connectivity index (χ1v) is 5.69. The lowest BCUT2D eigenvalue weighted by molar-refractivity contribution is -0.275. The maximum Gasteiger partial charge on any atom is 0.573 e. The summed E-state index contributed by atoms with van der Waals surface area (Å²) in [5, 5.41) is 6.20. The fraction of sp³-hybridized carbons (Fsp3) is 0.154. The molecule has 112 valence electrons. The second kappa shape index (κ2) is 5.55. The van der Waals surface area contributed by atoms with Gasteiger partial charge in [0.05, 0.1) is 0 Å². The highest BCUT2D eigenvalue weighted by molar-refractivity contribution is 5.75. The molecule has 1 aromatic carbocycles. The van der Waals surface area contributed by atoms with Crippen LogP contribution in [0.1, 0.15) is 17.0 Å². The van der Waals surface area contributed by atoms with Gasteiger partial charge in [0, 0.05) is 5.69 Å². The number of H-pyrrole nitrogens is 1. The van der Waals surface area contributed by atoms with E-state index in [4.69, 9.17) is 0 Å². The summed E-state index contributed by atoms with van der Waals surface area (Å²) in [4.78, 5) is 0. The number of hydrogen-bond acceptors (Lipinski definition) is 2. The Kier molecular flexibility index (Phi) is 3.97. The standard InChI is InChI=1S/C13H9F5N2O/c1-7-4-11(20-19-7)9(14)5-8-2-3-12(10(15)6-8)21-13(16,17)18/h2-6H,1H3,(H,19,20)/b9-5-. The highest BCUT2D eigenvalue weighted by Crippen LogP contribution is 2.27. The Hall–Kier alpha value is -2.38. The molecule has 21 heavy (non-hydrogen) atoms. The number of rotatable bonds is 3. The molecule has 0 fully saturated rings. The quantitative estimate of drug-likeness (QED) is 0.862. The maximum atomic E-state index is 13.8. The second-order valence-corrected chi connectivity index (χ2v) is 4.17. The van der Waals surface area contributed by atoms with Crippen LogP contribution in [0.4, 0.5) is 22.0 Å². The normalized spacial score (nSPS) is 12.6. The number of ether oxygens (including phenoxy) is 1. The van der Waals surface area contributed by atoms with Gasteiger partial charge in [-0.2, -0.15) is 5.10 Å². The van der Waals surface area contributed by atoms with Gasteiger partial charge in [0.25, 0.3) is 0 Å². The van der Waals surface area contributed by atoms with Gasteiger partial charge in [-0.3, -0.25) is 5.10 Å². The van der Waals surface area contributed by atoms with Gasteiger partial charge < -0.3 is 4.74 Å². The lowest BCUT2D eigenvalue weighted by atomic mass is 10.1. The smallest absolute Gasteiger partial charge is 0.403 e. The molecule has 0 saturated heterocycles. The van der Waals surface area contributed by atoms with Gasteiger partial charge in [0.1, 0.15) is 5.69 Å². The molecule has 0 spiro atoms. The van der Waals surface area contributed by atoms with Gasteiger partial charge in [-0.25, -0.2) is 8.78 Å². The summed E-state index contributed by atoms with van der Waals surface area (Å²) in [6.07, 6.45) is -4.04. The van der Waals surface area contributed by atoms with E-state index in [9.17, 15) is 22.0 Å². The number of alkyl halides is 3. The molecule has 3 nitrogen and oxygen atoms in total. The van der Waals surface area contributed by atoms with Gasteiger partial charge in [0.2, 0.25) is 0 Å². The molecule has 1 aromatic heterocycles. The van der Waals surface area contributed by atoms with Gasteiger partial charge >= 0.3 is 6.36 Å². The number of nitrogens with zero attached hydrogens (tertiary/aromatic N) is 1. The largest absolute Gasteiger partial charge is 0.573 e. The van der Waals surface area contributed by atoms with Crippen molar-refractivity contribution in [1.82, 2.24) is 10.2 Å². The van der Waals surface area contributed by atoms with Crippen molar-refractivity contribution in [3.63, 3.8) is 0 Å². The molecular weight excluding hydrogens is 295 g/mol. The highest BCUT2D eigenvalue weighted by atomic mass is 19.4. The van der Waals surface area contributed by atoms with E-state index in [0.717, 1.165) is 24.3 Å². The number of aryl methyl sites for hydroxylation is 1. The molecular formula is C13H9F5N2O. The molecule has 0 bridgehead atoms. The van der Waals surface area contributed by atoms with Crippen molar-refractivity contribution in [3.8, 4) is 5.75 Å². The Morgan fingerprint density at radius 3 is 2.52 bits per heavy atom. The van der Waals surface area contributed by atoms with Crippen LogP contribution < -0.4 is 4.74 Å². The molecule has 0 aliphatic heterocycles. The molecule has 2 aromatic rings. The van der Waals surface area contributed by atoms with Crippen LogP contribution in [0, 0.1) is 12.7 Å². The van der Waals surface area contributed by atoms with Crippen LogP contribution in [0.2, 0.25) is 0 Å². The van der Waals surface area contributed by atoms with Gasteiger partial charge in [-0.05, 0) is 36.8 Å². The van der Waals surface area contributed by atoms with Crippen LogP contribution in [-0.4, -0.2) is 16.6 Å². The molecule has 0 unspecified atom stereocenters. The molecule has 0 radical (unpaired) electrons. The van der Waals surface area contributed by atoms with Gasteiger partial charge in [-0.1, -0.05) is 6.07 Å². The van der Waals surface area contributed by atoms with E-state index >= 15 is 0 Å². The Labute approximate surface area is 116 Å². The Balaban J connectivity index is 2.24. The average molecular weight is 304 g/mol. The van der Waals surface area contributed by atoms with Gasteiger partial charge in [-0.15, -0.1) is 13.2 Å². The van der Waals surface area contributed by atoms with E-state index in [0.29, 0.717) is 5.69 Å². The van der Waals surface area contributed by atoms with Crippen LogP contribution in [0.3, 0.4) is 0 Å². The molecule has 0 aliphatic carbocycles. The zero-order valence-corrected chi connectivity index (χ0v) is 10.6. The lowest BCUT2D eigenvalue weighted by Gasteiger charge is -2.09. The SMILES string of the molecule is Cc1cc(/C(F)=C/c2ccc(OC(F)(F)F)c(F)c2)n[nH]1. The number of hydrogen-bond donors (Lipinski definition) is 1. The summed E-state index contributed by atoms with van der Waals surface area (Å²) in [6, 6.07) is 4.05. The molecule has 8 heteroatoms. The third kappa shape index (κ3) is 4.04. The van der Waals surface area contributed by atoms with Crippen molar-refractivity contribution in [2.24, 2.45) is 0 Å². The van der Waals surface area contributed by atoms with Crippen molar-refractivity contribution < 1.29 is 26.7 Å². The zero-order chi connectivity index (χ0) is 15.6. The summed E-state index contributed by atoms with van der Waals surface area (Å²) in [6.45, 7) is 1.67. The van der Waals surface area contributed by atoms with E-state index < -0.39 is 23.8 Å². The van der Waals surface area contributed by atoms with Crippen molar-refractivity contribution in [2.45, 2.75) is 13.3 Å². The molecule has 1 heterocycles. The Morgan fingerprint density at radius 2 is 2.00 bits per heavy atom. The number of aromatic amines is 1. The summed E-state index contributed by atoms with van der Waals surface area (Å²) >= 11 is 0. The third-order valence-corrected chi connectivity index (χ3v) is 2.43. The van der Waals surface area contributed by atoms with Crippen molar-refractivity contribution in [2.75, 3.05) is 0 Å². The summed E-state index contributed by atoms with van der Waals surface area (Å²) in [7, 11) is 0. The van der Waals surface area contributed by atoms with E-state index in [-0.39, 0.29) is 11.3 Å². The van der Waals surface area contributed by atoms with E-state index in [1.165, 1.54) is 6.07 Å². The molecule has 0 aliphatic rings. The monoisotopic (exact) mass is 304 g/mol. The minimum Gasteiger partial charge on any atom is -0.403 e. The first-order valence-electron chi connectivity index (χ1n) is 5.69. The van der Waals surface area contributed by atoms with Crippen LogP contribution in [-0.2, 0) is 0 Å². The number of nitrogens with one attached hydrogen (secondary N) is 1. The Bertz CT molecular complexity index is 675. The van der Waals surface area contributed by atoms with E-state index in [2.05, 4.69) is 14.9 Å². The highest BCUT2D eigenvalue weighted by Gasteiger charge is 2.32. The molecule has 1 N–H and O–H groups in total. The molecule has 2 rings (SSSR count). The fourth-order valence-electron chi connectivity index (χ4n) is 1.57. The predicted octanol–water partition coefficient (Wildman–Crippen LogP) is 4.22. The van der Waals surface area contributed by atoms with Crippen molar-refractivity contribution in [1.29, 1.82) is 0 Å². The van der Waals surface area contributed by atoms with Crippen LogP contribution in [0.25, 0.3) is 11.9 Å². The van der Waals surface area contributed by atoms with Crippen LogP contribution in [0.15, 0.2) is 24.3 Å². The summed E-state index contributed by atoms with van der Waals surface area (Å²) < 4.78 is 66.6. The topological polar surface area (TPSA) is 37.9 Å². The van der Waals surface area contributed by atoms with Gasteiger partial charge in [0.15, 0.2) is 17.4 Å². The molecule has 0 atom stereocenters. The lowest BCUT2D eigenvalue weighted by Crippen LogP contribution is -2.17. The van der Waals surface area contributed by atoms with Crippen LogP contribution in [0.5, 0.6) is 5.75 Å². The summed E-state index contributed by atoms with van der Waals surface area (Å²) in [5.74, 6) is -2.97. The molecule has 0 saturated carbocycles. The predicted molar refractivity (Wildman–Crippen MR) is 65.4 cm³/mol. The van der Waals surface area contributed by atoms with Crippen molar-refractivity contribution in [3.05, 3.63) is 47.0 Å². The number of benzene rings is 1. The second-order valence-electron chi connectivity index (χ2n) is 4.17. The van der Waals surface area contributed by atoms with Crippen molar-refractivity contribution >= 4 is 11.9 Å². The van der Waals surface area contributed by atoms with E-state index in [1.807, 2.05) is 0 Å². The molecule has 0 amide bonds. The number of aromatic nitrogens is 2. The number of halogens is 5. The first-order chi connectivity index (χ1) is 9.74.